The van der Waals surface area contributed by atoms with Crippen molar-refractivity contribution in [2.24, 2.45) is 0 Å². The number of hydrogen-bond acceptors (Lipinski definition) is 6. The molecule has 0 fully saturated rings. The minimum atomic E-state index is -0.788. The van der Waals surface area contributed by atoms with Crippen LogP contribution in [0.1, 0.15) is 284 Å². The average Bonchev–Trinajstić information content (AvgIpc) is 3.31. The quantitative estimate of drug-likeness (QED) is 0.0262. The van der Waals surface area contributed by atoms with Gasteiger partial charge < -0.3 is 14.2 Å². The highest BCUT2D eigenvalue weighted by Crippen LogP contribution is 2.16. The molecule has 0 unspecified atom stereocenters. The minimum Gasteiger partial charge on any atom is -0.462 e. The van der Waals surface area contributed by atoms with Crippen LogP contribution in [0.25, 0.3) is 0 Å². The van der Waals surface area contributed by atoms with E-state index in [1.807, 2.05) is 0 Å². The monoisotopic (exact) mass is 923 g/mol. The van der Waals surface area contributed by atoms with E-state index in [-0.39, 0.29) is 31.1 Å². The van der Waals surface area contributed by atoms with Gasteiger partial charge in [-0.15, -0.1) is 0 Å². The predicted molar refractivity (Wildman–Crippen MR) is 284 cm³/mol. The van der Waals surface area contributed by atoms with Crippen LogP contribution in [0.4, 0.5) is 0 Å². The first-order chi connectivity index (χ1) is 32.5. The third-order valence-corrected chi connectivity index (χ3v) is 12.2. The minimum absolute atomic E-state index is 0.0866. The van der Waals surface area contributed by atoms with E-state index >= 15 is 0 Å². The molecule has 0 aliphatic heterocycles. The second-order valence-electron chi connectivity index (χ2n) is 18.8. The lowest BCUT2D eigenvalue weighted by atomic mass is 10.0. The zero-order valence-electron chi connectivity index (χ0n) is 43.7. The van der Waals surface area contributed by atoms with E-state index < -0.39 is 6.10 Å². The van der Waals surface area contributed by atoms with Gasteiger partial charge in [0.1, 0.15) is 13.2 Å². The molecule has 0 heterocycles. The van der Waals surface area contributed by atoms with Gasteiger partial charge in [0.05, 0.1) is 0 Å². The van der Waals surface area contributed by atoms with Gasteiger partial charge in [-0.25, -0.2) is 0 Å². The Bertz CT molecular complexity index is 1200. The van der Waals surface area contributed by atoms with E-state index in [1.54, 1.807) is 0 Å². The number of carbonyl (C=O) groups is 3. The molecule has 1 atom stereocenters. The summed E-state index contributed by atoms with van der Waals surface area (Å²) < 4.78 is 16.8. The van der Waals surface area contributed by atoms with Crippen molar-refractivity contribution in [2.75, 3.05) is 13.2 Å². The van der Waals surface area contributed by atoms with E-state index in [1.165, 1.54) is 154 Å². The summed E-state index contributed by atoms with van der Waals surface area (Å²) in [5, 5.41) is 0. The third kappa shape index (κ3) is 52.1. The Kier molecular flexibility index (Phi) is 52.3. The van der Waals surface area contributed by atoms with Crippen molar-refractivity contribution >= 4 is 17.9 Å². The van der Waals surface area contributed by atoms with Gasteiger partial charge >= 0.3 is 17.9 Å². The van der Waals surface area contributed by atoms with E-state index in [9.17, 15) is 14.4 Å². The molecule has 0 saturated carbocycles. The maximum atomic E-state index is 12.8. The lowest BCUT2D eigenvalue weighted by Crippen LogP contribution is -2.30. The van der Waals surface area contributed by atoms with Crippen molar-refractivity contribution in [1.82, 2.24) is 0 Å². The molecule has 0 spiro atoms. The van der Waals surface area contributed by atoms with E-state index in [4.69, 9.17) is 14.2 Å². The summed E-state index contributed by atoms with van der Waals surface area (Å²) in [4.78, 5) is 38.1. The average molecular weight is 924 g/mol. The number of ether oxygens (including phenoxy) is 3. The molecule has 0 aromatic carbocycles. The molecule has 0 saturated heterocycles. The molecule has 0 N–H and O–H groups in total. The lowest BCUT2D eigenvalue weighted by Gasteiger charge is -2.18. The Morgan fingerprint density at radius 1 is 0.303 bits per heavy atom. The zero-order chi connectivity index (χ0) is 47.9. The normalized spacial score (nSPS) is 12.5. The molecule has 6 nitrogen and oxygen atoms in total. The van der Waals surface area contributed by atoms with Gasteiger partial charge in [0.25, 0.3) is 0 Å². The van der Waals surface area contributed by atoms with E-state index in [0.29, 0.717) is 19.3 Å². The molecule has 0 bridgehead atoms. The van der Waals surface area contributed by atoms with Gasteiger partial charge in [0.2, 0.25) is 0 Å². The topological polar surface area (TPSA) is 78.9 Å². The summed E-state index contributed by atoms with van der Waals surface area (Å²) in [7, 11) is 0. The van der Waals surface area contributed by atoms with E-state index in [2.05, 4.69) is 81.5 Å². The Hall–Kier alpha value is -2.89. The van der Waals surface area contributed by atoms with Crippen LogP contribution in [0.3, 0.4) is 0 Å². The van der Waals surface area contributed by atoms with Crippen LogP contribution in [0, 0.1) is 0 Å². The predicted octanol–water partition coefficient (Wildman–Crippen LogP) is 18.8. The third-order valence-electron chi connectivity index (χ3n) is 12.2. The fraction of sp³-hybridized carbons (Fsp3) is 0.783. The molecule has 66 heavy (non-hydrogen) atoms. The van der Waals surface area contributed by atoms with Gasteiger partial charge in [-0.05, 0) is 89.9 Å². The fourth-order valence-corrected chi connectivity index (χ4v) is 7.95. The van der Waals surface area contributed by atoms with Crippen molar-refractivity contribution in [3.8, 4) is 0 Å². The standard InChI is InChI=1S/C60H106O6/c1-4-7-10-13-16-19-22-25-27-29-30-31-33-35-38-41-44-47-50-53-59(62)65-56-57(55-64-58(61)52-49-46-43-40-37-34-24-21-18-15-12-9-6-3)66-60(63)54-51-48-45-42-39-36-32-28-26-23-20-17-14-11-8-5-2/h16,19,21,24-25,27,30-31,35,38,57H,4-15,17-18,20,22-23,26,28-29,32-34,36-37,39-56H2,1-3H3/b19-16-,24-21-,27-25-,31-30-,38-35-/t57-/m1/s1. The Balaban J connectivity index is 4.42. The molecular weight excluding hydrogens is 817 g/mol. The number of allylic oxidation sites excluding steroid dienone is 10. The summed E-state index contributed by atoms with van der Waals surface area (Å²) in [6.07, 6.45) is 67.7. The Labute approximate surface area is 409 Å². The van der Waals surface area contributed by atoms with Gasteiger partial charge in [0, 0.05) is 19.3 Å². The van der Waals surface area contributed by atoms with Crippen LogP contribution in [-0.2, 0) is 28.6 Å². The first-order valence-electron chi connectivity index (χ1n) is 28.3. The first kappa shape index (κ1) is 63.1. The fourth-order valence-electron chi connectivity index (χ4n) is 7.95. The molecule has 0 rings (SSSR count). The molecule has 382 valence electrons. The molecule has 0 aromatic rings. The Morgan fingerprint density at radius 2 is 0.545 bits per heavy atom. The number of rotatable bonds is 51. The van der Waals surface area contributed by atoms with Gasteiger partial charge in [-0.1, -0.05) is 236 Å². The first-order valence-corrected chi connectivity index (χ1v) is 28.3. The van der Waals surface area contributed by atoms with Gasteiger partial charge in [-0.2, -0.15) is 0 Å². The highest BCUT2D eigenvalue weighted by atomic mass is 16.6. The number of hydrogen-bond donors (Lipinski definition) is 0. The SMILES string of the molecule is CCCCC/C=C\C/C=C\C/C=C\C/C=C\CCCCCC(=O)OC[C@@H](COC(=O)CCCCCCC/C=C\CCCCCC)OC(=O)CCCCCCCCCCCCCCCCCC. The number of unbranched alkanes of at least 4 members (excludes halogenated alkanes) is 30. The van der Waals surface area contributed by atoms with Crippen molar-refractivity contribution in [2.45, 2.75) is 290 Å². The molecule has 0 radical (unpaired) electrons. The van der Waals surface area contributed by atoms with Crippen molar-refractivity contribution in [3.05, 3.63) is 60.8 Å². The van der Waals surface area contributed by atoms with Crippen LogP contribution in [-0.4, -0.2) is 37.2 Å². The van der Waals surface area contributed by atoms with Crippen LogP contribution in [0.2, 0.25) is 0 Å². The maximum absolute atomic E-state index is 12.8. The molecule has 0 aliphatic rings. The summed E-state index contributed by atoms with van der Waals surface area (Å²) in [5.74, 6) is -0.915. The van der Waals surface area contributed by atoms with Crippen LogP contribution < -0.4 is 0 Å². The van der Waals surface area contributed by atoms with Gasteiger partial charge in [-0.3, -0.25) is 14.4 Å². The van der Waals surface area contributed by atoms with Crippen molar-refractivity contribution in [3.63, 3.8) is 0 Å². The Morgan fingerprint density at radius 3 is 0.924 bits per heavy atom. The largest absolute Gasteiger partial charge is 0.462 e. The highest BCUT2D eigenvalue weighted by molar-refractivity contribution is 5.71. The zero-order valence-corrected chi connectivity index (χ0v) is 43.7. The maximum Gasteiger partial charge on any atom is 0.306 e. The summed E-state index contributed by atoms with van der Waals surface area (Å²) in [5.41, 5.74) is 0. The van der Waals surface area contributed by atoms with E-state index in [0.717, 1.165) is 89.9 Å². The van der Waals surface area contributed by atoms with Crippen LogP contribution in [0.5, 0.6) is 0 Å². The number of esters is 3. The van der Waals surface area contributed by atoms with Crippen LogP contribution >= 0.6 is 0 Å². The summed E-state index contributed by atoms with van der Waals surface area (Å²) in [6, 6.07) is 0. The second-order valence-corrected chi connectivity index (χ2v) is 18.8. The second kappa shape index (κ2) is 54.7. The number of carbonyl (C=O) groups excluding carboxylic acids is 3. The molecule has 0 amide bonds. The molecular formula is C60H106O6. The molecule has 6 heteroatoms. The summed E-state index contributed by atoms with van der Waals surface area (Å²) in [6.45, 7) is 6.59. The lowest BCUT2D eigenvalue weighted by molar-refractivity contribution is -0.167. The summed E-state index contributed by atoms with van der Waals surface area (Å²) >= 11 is 0. The van der Waals surface area contributed by atoms with Crippen LogP contribution in [0.15, 0.2) is 60.8 Å². The van der Waals surface area contributed by atoms with Crippen molar-refractivity contribution < 1.29 is 28.6 Å². The molecule has 0 aliphatic carbocycles. The van der Waals surface area contributed by atoms with Crippen molar-refractivity contribution in [1.29, 1.82) is 0 Å². The molecule has 0 aromatic heterocycles. The van der Waals surface area contributed by atoms with Gasteiger partial charge in [0.15, 0.2) is 6.10 Å². The highest BCUT2D eigenvalue weighted by Gasteiger charge is 2.19. The smallest absolute Gasteiger partial charge is 0.306 e.